The lowest BCUT2D eigenvalue weighted by molar-refractivity contribution is 0.475. The van der Waals surface area contributed by atoms with E-state index < -0.39 is 0 Å². The zero-order valence-corrected chi connectivity index (χ0v) is 11.7. The van der Waals surface area contributed by atoms with Gasteiger partial charge in [0, 0.05) is 19.2 Å². The van der Waals surface area contributed by atoms with Crippen molar-refractivity contribution in [2.75, 3.05) is 5.32 Å². The molecule has 4 nitrogen and oxygen atoms in total. The Morgan fingerprint density at radius 1 is 1.32 bits per heavy atom. The molecule has 1 aromatic heterocycles. The van der Waals surface area contributed by atoms with Gasteiger partial charge in [0.05, 0.1) is 5.69 Å². The second-order valence-corrected chi connectivity index (χ2v) is 5.05. The van der Waals surface area contributed by atoms with Crippen molar-refractivity contribution < 1.29 is 5.11 Å². The van der Waals surface area contributed by atoms with Crippen LogP contribution in [0.15, 0.2) is 30.3 Å². The number of phenols is 1. The van der Waals surface area contributed by atoms with Crippen molar-refractivity contribution >= 4 is 5.82 Å². The molecule has 2 aromatic rings. The molecule has 4 heteroatoms. The minimum Gasteiger partial charge on any atom is -0.508 e. The van der Waals surface area contributed by atoms with Crippen LogP contribution in [-0.4, -0.2) is 20.9 Å². The van der Waals surface area contributed by atoms with Crippen molar-refractivity contribution in [2.45, 2.75) is 32.7 Å². The molecule has 2 N–H and O–H groups in total. The van der Waals surface area contributed by atoms with Crippen molar-refractivity contribution in [1.82, 2.24) is 9.78 Å². The number of benzene rings is 1. The van der Waals surface area contributed by atoms with E-state index in [-0.39, 0.29) is 0 Å². The average molecular weight is 259 g/mol. The molecule has 1 unspecified atom stereocenters. The fourth-order valence-corrected chi connectivity index (χ4v) is 2.12. The molecule has 2 rings (SSSR count). The van der Waals surface area contributed by atoms with E-state index in [0.717, 1.165) is 24.4 Å². The van der Waals surface area contributed by atoms with Gasteiger partial charge in [-0.1, -0.05) is 12.1 Å². The van der Waals surface area contributed by atoms with Crippen LogP contribution in [0.5, 0.6) is 5.75 Å². The van der Waals surface area contributed by atoms with Crippen molar-refractivity contribution in [3.8, 4) is 5.75 Å². The van der Waals surface area contributed by atoms with Gasteiger partial charge in [0.2, 0.25) is 0 Å². The predicted octanol–water partition coefficient (Wildman–Crippen LogP) is 2.87. The quantitative estimate of drug-likeness (QED) is 0.868. The second-order valence-electron chi connectivity index (χ2n) is 5.05. The Hall–Kier alpha value is -1.97. The monoisotopic (exact) mass is 259 g/mol. The van der Waals surface area contributed by atoms with Crippen LogP contribution >= 0.6 is 0 Å². The fraction of sp³-hybridized carbons (Fsp3) is 0.400. The molecule has 0 aliphatic heterocycles. The number of nitrogens with one attached hydrogen (secondary N) is 1. The lowest BCUT2D eigenvalue weighted by Gasteiger charge is -2.15. The van der Waals surface area contributed by atoms with Crippen molar-refractivity contribution in [3.63, 3.8) is 0 Å². The lowest BCUT2D eigenvalue weighted by atomic mass is 10.1. The summed E-state index contributed by atoms with van der Waals surface area (Å²) in [6, 6.07) is 9.84. The fourth-order valence-electron chi connectivity index (χ4n) is 2.12. The molecular formula is C15H21N3O. The van der Waals surface area contributed by atoms with Gasteiger partial charge in [-0.15, -0.1) is 0 Å². The van der Waals surface area contributed by atoms with Gasteiger partial charge in [0.1, 0.15) is 11.6 Å². The molecule has 19 heavy (non-hydrogen) atoms. The summed E-state index contributed by atoms with van der Waals surface area (Å²) in [4.78, 5) is 0. The first-order chi connectivity index (χ1) is 9.04. The summed E-state index contributed by atoms with van der Waals surface area (Å²) < 4.78 is 1.87. The highest BCUT2D eigenvalue weighted by Crippen LogP contribution is 2.14. The van der Waals surface area contributed by atoms with Gasteiger partial charge in [-0.2, -0.15) is 5.10 Å². The Morgan fingerprint density at radius 3 is 2.58 bits per heavy atom. The maximum atomic E-state index is 9.24. The summed E-state index contributed by atoms with van der Waals surface area (Å²) in [6.07, 6.45) is 2.03. The molecule has 0 spiro atoms. The molecule has 0 amide bonds. The number of aryl methyl sites for hydroxylation is 3. The van der Waals surface area contributed by atoms with E-state index in [1.165, 1.54) is 5.56 Å². The third-order valence-corrected chi connectivity index (χ3v) is 3.20. The summed E-state index contributed by atoms with van der Waals surface area (Å²) in [5, 5.41) is 17.0. The molecule has 1 heterocycles. The molecule has 1 aromatic carbocycles. The third-order valence-electron chi connectivity index (χ3n) is 3.20. The molecule has 0 fully saturated rings. The zero-order valence-electron chi connectivity index (χ0n) is 11.7. The van der Waals surface area contributed by atoms with Crippen molar-refractivity contribution in [2.24, 2.45) is 7.05 Å². The predicted molar refractivity (Wildman–Crippen MR) is 77.5 cm³/mol. The summed E-state index contributed by atoms with van der Waals surface area (Å²) in [6.45, 7) is 4.16. The van der Waals surface area contributed by atoms with Crippen LogP contribution < -0.4 is 5.32 Å². The van der Waals surface area contributed by atoms with Crippen LogP contribution in [-0.2, 0) is 13.5 Å². The van der Waals surface area contributed by atoms with Gasteiger partial charge < -0.3 is 10.4 Å². The van der Waals surface area contributed by atoms with Gasteiger partial charge in [0.15, 0.2) is 0 Å². The second kappa shape index (κ2) is 5.78. The number of aromatic nitrogens is 2. The van der Waals surface area contributed by atoms with E-state index in [9.17, 15) is 5.11 Å². The van der Waals surface area contributed by atoms with E-state index in [4.69, 9.17) is 0 Å². The van der Waals surface area contributed by atoms with Gasteiger partial charge in [0.25, 0.3) is 0 Å². The summed E-state index contributed by atoms with van der Waals surface area (Å²) in [5.74, 6) is 1.37. The van der Waals surface area contributed by atoms with Crippen molar-refractivity contribution in [1.29, 1.82) is 0 Å². The molecule has 0 saturated carbocycles. The Labute approximate surface area is 114 Å². The van der Waals surface area contributed by atoms with Crippen molar-refractivity contribution in [3.05, 3.63) is 41.6 Å². The van der Waals surface area contributed by atoms with E-state index in [1.807, 2.05) is 30.8 Å². The first-order valence-corrected chi connectivity index (χ1v) is 6.59. The highest BCUT2D eigenvalue weighted by atomic mass is 16.3. The van der Waals surface area contributed by atoms with E-state index in [0.29, 0.717) is 11.8 Å². The Kier molecular flexibility index (Phi) is 4.10. The zero-order chi connectivity index (χ0) is 13.8. The standard InChI is InChI=1S/C15H21N3O/c1-11(16-15-10-12(2)17-18(15)3)4-5-13-6-8-14(19)9-7-13/h6-11,16,19H,4-5H2,1-3H3. The third kappa shape index (κ3) is 3.74. The molecule has 1 atom stereocenters. The number of anilines is 1. The maximum absolute atomic E-state index is 9.24. The number of hydrogen-bond donors (Lipinski definition) is 2. The molecule has 0 aliphatic rings. The first kappa shape index (κ1) is 13.5. The highest BCUT2D eigenvalue weighted by Gasteiger charge is 2.06. The number of aromatic hydroxyl groups is 1. The molecule has 0 bridgehead atoms. The minimum atomic E-state index is 0.320. The van der Waals surface area contributed by atoms with E-state index in [1.54, 1.807) is 12.1 Å². The van der Waals surface area contributed by atoms with Crippen LogP contribution in [0.1, 0.15) is 24.6 Å². The summed E-state index contributed by atoms with van der Waals surface area (Å²) in [7, 11) is 1.95. The highest BCUT2D eigenvalue weighted by molar-refractivity contribution is 5.37. The SMILES string of the molecule is Cc1cc(NC(C)CCc2ccc(O)cc2)n(C)n1. The smallest absolute Gasteiger partial charge is 0.124 e. The Morgan fingerprint density at radius 2 is 2.00 bits per heavy atom. The number of phenolic OH excluding ortho intramolecular Hbond substituents is 1. The van der Waals surface area contributed by atoms with E-state index in [2.05, 4.69) is 23.4 Å². The van der Waals surface area contributed by atoms with Gasteiger partial charge >= 0.3 is 0 Å². The lowest BCUT2D eigenvalue weighted by Crippen LogP contribution is -2.18. The molecule has 0 radical (unpaired) electrons. The molecule has 102 valence electrons. The Balaban J connectivity index is 1.86. The number of hydrogen-bond acceptors (Lipinski definition) is 3. The molecule has 0 aliphatic carbocycles. The van der Waals surface area contributed by atoms with Crippen LogP contribution in [0.4, 0.5) is 5.82 Å². The number of nitrogens with zero attached hydrogens (tertiary/aromatic N) is 2. The van der Waals surface area contributed by atoms with E-state index >= 15 is 0 Å². The van der Waals surface area contributed by atoms with Crippen LogP contribution in [0.2, 0.25) is 0 Å². The largest absolute Gasteiger partial charge is 0.508 e. The summed E-state index contributed by atoms with van der Waals surface area (Å²) >= 11 is 0. The average Bonchev–Trinajstić information content (AvgIpc) is 2.67. The van der Waals surface area contributed by atoms with Gasteiger partial charge in [-0.3, -0.25) is 4.68 Å². The van der Waals surface area contributed by atoms with Crippen LogP contribution in [0.3, 0.4) is 0 Å². The van der Waals surface area contributed by atoms with Crippen LogP contribution in [0, 0.1) is 6.92 Å². The first-order valence-electron chi connectivity index (χ1n) is 6.59. The maximum Gasteiger partial charge on any atom is 0.124 e. The molecular weight excluding hydrogens is 238 g/mol. The van der Waals surface area contributed by atoms with Gasteiger partial charge in [-0.25, -0.2) is 0 Å². The Bertz CT molecular complexity index is 531. The van der Waals surface area contributed by atoms with Crippen LogP contribution in [0.25, 0.3) is 0 Å². The minimum absolute atomic E-state index is 0.320. The normalized spacial score (nSPS) is 12.4. The summed E-state index contributed by atoms with van der Waals surface area (Å²) in [5.41, 5.74) is 2.27. The van der Waals surface area contributed by atoms with Gasteiger partial charge in [-0.05, 0) is 44.4 Å². The number of rotatable bonds is 5. The topological polar surface area (TPSA) is 50.1 Å². The molecule has 0 saturated heterocycles.